The van der Waals surface area contributed by atoms with Crippen molar-refractivity contribution in [2.75, 3.05) is 5.32 Å². The van der Waals surface area contributed by atoms with E-state index in [1.165, 1.54) is 16.8 Å². The van der Waals surface area contributed by atoms with Crippen LogP contribution in [-0.4, -0.2) is 10.9 Å². The van der Waals surface area contributed by atoms with Crippen LogP contribution in [0.4, 0.5) is 10.1 Å². The van der Waals surface area contributed by atoms with Gasteiger partial charge in [-0.05, 0) is 62.1 Å². The van der Waals surface area contributed by atoms with Crippen LogP contribution in [0.5, 0.6) is 0 Å². The molecule has 0 aliphatic heterocycles. The number of para-hydroxylation sites is 1. The van der Waals surface area contributed by atoms with Gasteiger partial charge in [-0.15, -0.1) is 11.3 Å². The molecule has 0 saturated carbocycles. The molecule has 0 aliphatic rings. The third-order valence-electron chi connectivity index (χ3n) is 3.85. The van der Waals surface area contributed by atoms with Crippen LogP contribution in [0, 0.1) is 12.7 Å². The average Bonchev–Trinajstić information content (AvgIpc) is 2.97. The van der Waals surface area contributed by atoms with Gasteiger partial charge in [0.05, 0.1) is 15.2 Å². The zero-order valence-electron chi connectivity index (χ0n) is 13.5. The highest BCUT2D eigenvalue weighted by Gasteiger charge is 2.07. The molecule has 0 saturated heterocycles. The molecular weight excluding hydrogens is 323 g/mol. The van der Waals surface area contributed by atoms with E-state index in [4.69, 9.17) is 0 Å². The Kier molecular flexibility index (Phi) is 5.20. The van der Waals surface area contributed by atoms with Crippen molar-refractivity contribution in [1.82, 2.24) is 4.98 Å². The van der Waals surface area contributed by atoms with Gasteiger partial charge in [-0.3, -0.25) is 4.79 Å². The highest BCUT2D eigenvalue weighted by atomic mass is 32.1. The molecule has 0 spiro atoms. The van der Waals surface area contributed by atoms with Gasteiger partial charge in [-0.25, -0.2) is 9.37 Å². The van der Waals surface area contributed by atoms with E-state index >= 15 is 0 Å². The van der Waals surface area contributed by atoms with Gasteiger partial charge in [0, 0.05) is 12.1 Å². The molecule has 0 radical (unpaired) electrons. The van der Waals surface area contributed by atoms with Crippen LogP contribution in [0.15, 0.2) is 42.5 Å². The summed E-state index contributed by atoms with van der Waals surface area (Å²) in [5, 5.41) is 3.96. The number of nitrogens with one attached hydrogen (secondary N) is 1. The number of aromatic nitrogens is 1. The second-order valence-corrected chi connectivity index (χ2v) is 6.91. The molecule has 3 nitrogen and oxygen atoms in total. The van der Waals surface area contributed by atoms with Crippen molar-refractivity contribution in [3.63, 3.8) is 0 Å². The predicted octanol–water partition coefficient (Wildman–Crippen LogP) is 5.10. The smallest absolute Gasteiger partial charge is 0.224 e. The molecule has 0 atom stereocenters. The maximum absolute atomic E-state index is 13.1. The van der Waals surface area contributed by atoms with E-state index < -0.39 is 0 Å². The molecule has 3 aromatic rings. The number of carbonyl (C=O) groups excluding carboxylic acids is 1. The number of rotatable bonds is 6. The number of aryl methyl sites for hydroxylation is 2. The Morgan fingerprint density at radius 1 is 1.21 bits per heavy atom. The van der Waals surface area contributed by atoms with Crippen LogP contribution in [-0.2, 0) is 11.2 Å². The number of thiazole rings is 1. The SMILES string of the molecule is Cc1cc(F)ccc1NC(=O)CCCCc1nc2ccccc2s1. The lowest BCUT2D eigenvalue weighted by Gasteiger charge is -2.08. The standard InChI is InChI=1S/C19H19FN2OS/c1-13-12-14(20)10-11-15(13)21-18(23)8-4-5-9-19-22-16-6-2-3-7-17(16)24-19/h2-3,6-7,10-12H,4-5,8-9H2,1H3,(H,21,23). The molecule has 24 heavy (non-hydrogen) atoms. The first-order valence-corrected chi connectivity index (χ1v) is 8.84. The maximum Gasteiger partial charge on any atom is 0.224 e. The van der Waals surface area contributed by atoms with Crippen molar-refractivity contribution in [2.45, 2.75) is 32.6 Å². The van der Waals surface area contributed by atoms with Crippen LogP contribution in [0.2, 0.25) is 0 Å². The Morgan fingerprint density at radius 3 is 2.83 bits per heavy atom. The maximum atomic E-state index is 13.1. The lowest BCUT2D eigenvalue weighted by molar-refractivity contribution is -0.116. The fraction of sp³-hybridized carbons (Fsp3) is 0.263. The Labute approximate surface area is 144 Å². The Bertz CT molecular complexity index is 826. The lowest BCUT2D eigenvalue weighted by Crippen LogP contribution is -2.12. The van der Waals surface area contributed by atoms with Gasteiger partial charge in [0.1, 0.15) is 5.82 Å². The molecule has 0 bridgehead atoms. The summed E-state index contributed by atoms with van der Waals surface area (Å²) in [4.78, 5) is 16.6. The third kappa shape index (κ3) is 4.17. The quantitative estimate of drug-likeness (QED) is 0.634. The molecule has 2 aromatic carbocycles. The monoisotopic (exact) mass is 342 g/mol. The topological polar surface area (TPSA) is 42.0 Å². The van der Waals surface area contributed by atoms with Gasteiger partial charge in [0.15, 0.2) is 0 Å². The van der Waals surface area contributed by atoms with Gasteiger partial charge in [-0.2, -0.15) is 0 Å². The van der Waals surface area contributed by atoms with Crippen molar-refractivity contribution in [3.8, 4) is 0 Å². The van der Waals surface area contributed by atoms with Crippen molar-refractivity contribution < 1.29 is 9.18 Å². The van der Waals surface area contributed by atoms with Crippen molar-refractivity contribution in [2.24, 2.45) is 0 Å². The molecule has 0 fully saturated rings. The fourth-order valence-electron chi connectivity index (χ4n) is 2.57. The number of nitrogens with zero attached hydrogens (tertiary/aromatic N) is 1. The van der Waals surface area contributed by atoms with Crippen LogP contribution < -0.4 is 5.32 Å². The highest BCUT2D eigenvalue weighted by Crippen LogP contribution is 2.23. The highest BCUT2D eigenvalue weighted by molar-refractivity contribution is 7.18. The largest absolute Gasteiger partial charge is 0.326 e. The normalized spacial score (nSPS) is 10.9. The van der Waals surface area contributed by atoms with Crippen molar-refractivity contribution >= 4 is 33.1 Å². The summed E-state index contributed by atoms with van der Waals surface area (Å²) in [5.41, 5.74) is 2.45. The summed E-state index contributed by atoms with van der Waals surface area (Å²) < 4.78 is 14.3. The Morgan fingerprint density at radius 2 is 2.04 bits per heavy atom. The lowest BCUT2D eigenvalue weighted by atomic mass is 10.1. The number of unbranched alkanes of at least 4 members (excludes halogenated alkanes) is 1. The first kappa shape index (κ1) is 16.6. The third-order valence-corrected chi connectivity index (χ3v) is 4.94. The number of hydrogen-bond acceptors (Lipinski definition) is 3. The summed E-state index contributed by atoms with van der Waals surface area (Å²) in [6.45, 7) is 1.78. The first-order chi connectivity index (χ1) is 11.6. The molecule has 0 unspecified atom stereocenters. The van der Waals surface area contributed by atoms with E-state index in [-0.39, 0.29) is 11.7 Å². The molecule has 1 aromatic heterocycles. The number of amides is 1. The van der Waals surface area contributed by atoms with Gasteiger partial charge in [0.25, 0.3) is 0 Å². The van der Waals surface area contributed by atoms with Crippen LogP contribution in [0.25, 0.3) is 10.2 Å². The second-order valence-electron chi connectivity index (χ2n) is 5.79. The molecule has 1 heterocycles. The summed E-state index contributed by atoms with van der Waals surface area (Å²) in [7, 11) is 0. The van der Waals surface area contributed by atoms with E-state index in [9.17, 15) is 9.18 Å². The number of halogens is 1. The fourth-order valence-corrected chi connectivity index (χ4v) is 3.58. The second kappa shape index (κ2) is 7.53. The summed E-state index contributed by atoms with van der Waals surface area (Å²) >= 11 is 1.71. The van der Waals surface area contributed by atoms with Gasteiger partial charge in [0.2, 0.25) is 5.91 Å². The molecular formula is C19H19FN2OS. The molecule has 3 rings (SSSR count). The molecule has 5 heteroatoms. The van der Waals surface area contributed by atoms with Gasteiger partial charge in [-0.1, -0.05) is 12.1 Å². The van der Waals surface area contributed by atoms with E-state index in [2.05, 4.69) is 16.4 Å². The van der Waals surface area contributed by atoms with Gasteiger partial charge >= 0.3 is 0 Å². The number of fused-ring (bicyclic) bond motifs is 1. The van der Waals surface area contributed by atoms with Gasteiger partial charge < -0.3 is 5.32 Å². The Balaban J connectivity index is 1.45. The zero-order chi connectivity index (χ0) is 16.9. The number of carbonyl (C=O) groups is 1. The van der Waals surface area contributed by atoms with Crippen molar-refractivity contribution in [3.05, 3.63) is 58.9 Å². The molecule has 124 valence electrons. The van der Waals surface area contributed by atoms with E-state index in [0.717, 1.165) is 35.4 Å². The number of anilines is 1. The van der Waals surface area contributed by atoms with E-state index in [0.29, 0.717) is 12.1 Å². The summed E-state index contributed by atoms with van der Waals surface area (Å²) in [6, 6.07) is 12.5. The molecule has 1 N–H and O–H groups in total. The van der Waals surface area contributed by atoms with Crippen LogP contribution in [0.1, 0.15) is 29.8 Å². The summed E-state index contributed by atoms with van der Waals surface area (Å²) in [6.07, 6.45) is 3.08. The predicted molar refractivity (Wildman–Crippen MR) is 96.9 cm³/mol. The minimum absolute atomic E-state index is 0.0333. The minimum atomic E-state index is -0.290. The molecule has 1 amide bonds. The average molecular weight is 342 g/mol. The van der Waals surface area contributed by atoms with Crippen LogP contribution in [0.3, 0.4) is 0 Å². The number of hydrogen-bond donors (Lipinski definition) is 1. The zero-order valence-corrected chi connectivity index (χ0v) is 14.3. The Hall–Kier alpha value is -2.27. The number of benzene rings is 2. The van der Waals surface area contributed by atoms with Crippen molar-refractivity contribution in [1.29, 1.82) is 0 Å². The van der Waals surface area contributed by atoms with E-state index in [1.807, 2.05) is 18.2 Å². The minimum Gasteiger partial charge on any atom is -0.326 e. The molecule has 0 aliphatic carbocycles. The van der Waals surface area contributed by atoms with E-state index in [1.54, 1.807) is 24.3 Å². The van der Waals surface area contributed by atoms with Crippen LogP contribution >= 0.6 is 11.3 Å². The summed E-state index contributed by atoms with van der Waals surface area (Å²) in [5.74, 6) is -0.324. The first-order valence-electron chi connectivity index (χ1n) is 8.02.